The third kappa shape index (κ3) is 4.63. The van der Waals surface area contributed by atoms with E-state index in [-0.39, 0.29) is 5.75 Å². The van der Waals surface area contributed by atoms with Crippen molar-refractivity contribution in [3.05, 3.63) is 28.8 Å². The molecule has 0 radical (unpaired) electrons. The molecule has 2 N–H and O–H groups in total. The molecule has 0 bridgehead atoms. The summed E-state index contributed by atoms with van der Waals surface area (Å²) >= 11 is 0. The first-order valence-electron chi connectivity index (χ1n) is 7.45. The zero-order chi connectivity index (χ0) is 16.2. The summed E-state index contributed by atoms with van der Waals surface area (Å²) in [4.78, 5) is 0. The second-order valence-electron chi connectivity index (χ2n) is 5.86. The molecule has 0 atom stereocenters. The van der Waals surface area contributed by atoms with Gasteiger partial charge in [0.05, 0.1) is 5.60 Å². The highest BCUT2D eigenvalue weighted by atomic mass is 19.3. The van der Waals surface area contributed by atoms with Crippen LogP contribution in [0.3, 0.4) is 0 Å². The van der Waals surface area contributed by atoms with Crippen molar-refractivity contribution in [2.75, 3.05) is 19.8 Å². The Bertz CT molecular complexity index is 502. The largest absolute Gasteiger partial charge is 0.434 e. The van der Waals surface area contributed by atoms with Crippen molar-refractivity contribution >= 4 is 0 Å². The Morgan fingerprint density at radius 1 is 1.27 bits per heavy atom. The average Bonchev–Trinajstić information content (AvgIpc) is 2.44. The molecular formula is C16H23F2NO3. The fraction of sp³-hybridized carbons (Fsp3) is 0.625. The predicted octanol–water partition coefficient (Wildman–Crippen LogP) is 2.54. The molecule has 1 saturated heterocycles. The van der Waals surface area contributed by atoms with Crippen LogP contribution in [0.25, 0.3) is 0 Å². The number of nitrogens with one attached hydrogen (secondary N) is 1. The van der Waals surface area contributed by atoms with E-state index < -0.39 is 12.2 Å². The van der Waals surface area contributed by atoms with E-state index in [0.29, 0.717) is 44.7 Å². The van der Waals surface area contributed by atoms with Gasteiger partial charge >= 0.3 is 6.61 Å². The summed E-state index contributed by atoms with van der Waals surface area (Å²) in [6, 6.07) is 3.47. The van der Waals surface area contributed by atoms with Crippen molar-refractivity contribution in [2.24, 2.45) is 0 Å². The lowest BCUT2D eigenvalue weighted by Crippen LogP contribution is -2.44. The zero-order valence-electron chi connectivity index (χ0n) is 13.0. The predicted molar refractivity (Wildman–Crippen MR) is 79.3 cm³/mol. The third-order valence-corrected chi connectivity index (χ3v) is 4.09. The first-order chi connectivity index (χ1) is 10.4. The van der Waals surface area contributed by atoms with Crippen LogP contribution in [-0.2, 0) is 11.3 Å². The van der Waals surface area contributed by atoms with E-state index in [1.54, 1.807) is 6.07 Å². The molecule has 1 fully saturated rings. The molecule has 0 amide bonds. The van der Waals surface area contributed by atoms with Crippen LogP contribution in [0.5, 0.6) is 5.75 Å². The average molecular weight is 315 g/mol. The Balaban J connectivity index is 2.00. The number of hydrogen-bond donors (Lipinski definition) is 2. The molecule has 1 aromatic rings. The molecule has 1 heterocycles. The van der Waals surface area contributed by atoms with Gasteiger partial charge in [0.25, 0.3) is 0 Å². The Hall–Kier alpha value is -1.24. The molecule has 0 spiro atoms. The molecule has 1 aromatic carbocycles. The number of alkyl halides is 2. The normalized spacial score (nSPS) is 17.7. The molecule has 124 valence electrons. The molecule has 6 heteroatoms. The summed E-state index contributed by atoms with van der Waals surface area (Å²) in [5.74, 6) is 0.185. The van der Waals surface area contributed by atoms with Crippen LogP contribution in [-0.4, -0.2) is 37.1 Å². The molecule has 0 saturated carbocycles. The number of ether oxygens (including phenoxy) is 2. The van der Waals surface area contributed by atoms with E-state index in [0.717, 1.165) is 11.1 Å². The summed E-state index contributed by atoms with van der Waals surface area (Å²) in [6.45, 7) is 2.79. The minimum atomic E-state index is -2.85. The number of rotatable bonds is 6. The quantitative estimate of drug-likeness (QED) is 0.847. The highest BCUT2D eigenvalue weighted by Gasteiger charge is 2.29. The fourth-order valence-electron chi connectivity index (χ4n) is 2.55. The maximum atomic E-state index is 12.5. The van der Waals surface area contributed by atoms with Crippen molar-refractivity contribution in [3.63, 3.8) is 0 Å². The summed E-state index contributed by atoms with van der Waals surface area (Å²) in [7, 11) is 0. The Morgan fingerprint density at radius 3 is 2.55 bits per heavy atom. The number of halogens is 2. The van der Waals surface area contributed by atoms with Gasteiger partial charge in [-0.1, -0.05) is 6.07 Å². The number of aliphatic hydroxyl groups is 1. The second-order valence-corrected chi connectivity index (χ2v) is 5.86. The van der Waals surface area contributed by atoms with E-state index >= 15 is 0 Å². The number of aryl methyl sites for hydroxylation is 2. The van der Waals surface area contributed by atoms with Crippen LogP contribution in [0.1, 0.15) is 29.5 Å². The van der Waals surface area contributed by atoms with Gasteiger partial charge in [-0.05, 0) is 31.0 Å². The van der Waals surface area contributed by atoms with Crippen molar-refractivity contribution in [1.82, 2.24) is 5.32 Å². The Labute approximate surface area is 129 Å². The summed E-state index contributed by atoms with van der Waals surface area (Å²) in [5.41, 5.74) is 1.80. The first-order valence-corrected chi connectivity index (χ1v) is 7.45. The summed E-state index contributed by atoms with van der Waals surface area (Å²) in [6.07, 6.45) is 1.15. The van der Waals surface area contributed by atoms with Gasteiger partial charge in [0.15, 0.2) is 0 Å². The van der Waals surface area contributed by atoms with Crippen molar-refractivity contribution in [1.29, 1.82) is 0 Å². The van der Waals surface area contributed by atoms with Gasteiger partial charge < -0.3 is 19.9 Å². The molecule has 2 rings (SSSR count). The van der Waals surface area contributed by atoms with Gasteiger partial charge in [-0.15, -0.1) is 0 Å². The Morgan fingerprint density at radius 2 is 1.91 bits per heavy atom. The van der Waals surface area contributed by atoms with Crippen molar-refractivity contribution in [3.8, 4) is 5.75 Å². The fourth-order valence-corrected chi connectivity index (χ4v) is 2.55. The van der Waals surface area contributed by atoms with Gasteiger partial charge in [0, 0.05) is 44.7 Å². The lowest BCUT2D eigenvalue weighted by atomic mass is 9.94. The number of hydrogen-bond acceptors (Lipinski definition) is 4. The van der Waals surface area contributed by atoms with Crippen molar-refractivity contribution < 1.29 is 23.4 Å². The lowest BCUT2D eigenvalue weighted by molar-refractivity contribution is -0.0622. The maximum absolute atomic E-state index is 12.5. The zero-order valence-corrected chi connectivity index (χ0v) is 13.0. The first kappa shape index (κ1) is 17.1. The van der Waals surface area contributed by atoms with E-state index in [2.05, 4.69) is 10.1 Å². The van der Waals surface area contributed by atoms with Crippen LogP contribution in [0.4, 0.5) is 8.78 Å². The topological polar surface area (TPSA) is 50.7 Å². The Kier molecular flexibility index (Phi) is 5.72. The summed E-state index contributed by atoms with van der Waals surface area (Å²) in [5, 5.41) is 13.5. The molecular weight excluding hydrogens is 292 g/mol. The summed E-state index contributed by atoms with van der Waals surface area (Å²) < 4.78 is 34.8. The van der Waals surface area contributed by atoms with Crippen LogP contribution in [0.15, 0.2) is 12.1 Å². The van der Waals surface area contributed by atoms with Crippen LogP contribution in [0, 0.1) is 13.8 Å². The van der Waals surface area contributed by atoms with E-state index in [9.17, 15) is 13.9 Å². The van der Waals surface area contributed by atoms with E-state index in [4.69, 9.17) is 4.74 Å². The molecule has 0 unspecified atom stereocenters. The monoisotopic (exact) mass is 315 g/mol. The highest BCUT2D eigenvalue weighted by molar-refractivity contribution is 5.41. The minimum absolute atomic E-state index is 0.185. The van der Waals surface area contributed by atoms with Gasteiger partial charge in [-0.25, -0.2) is 0 Å². The van der Waals surface area contributed by atoms with E-state index in [1.165, 1.54) is 0 Å². The smallest absolute Gasteiger partial charge is 0.387 e. The SMILES string of the molecule is Cc1cc(CNCC2(O)CCOCC2)c(OC(F)F)cc1C. The second kappa shape index (κ2) is 7.35. The maximum Gasteiger partial charge on any atom is 0.387 e. The molecule has 22 heavy (non-hydrogen) atoms. The van der Waals surface area contributed by atoms with Crippen LogP contribution >= 0.6 is 0 Å². The standard InChI is InChI=1S/C16H23F2NO3/c1-11-7-13(14(8-12(11)2)22-15(17)18)9-19-10-16(20)3-5-21-6-4-16/h7-8,15,19-20H,3-6,9-10H2,1-2H3. The van der Waals surface area contributed by atoms with E-state index in [1.807, 2.05) is 19.9 Å². The number of benzene rings is 1. The molecule has 0 aromatic heterocycles. The molecule has 0 aliphatic carbocycles. The van der Waals surface area contributed by atoms with Crippen LogP contribution in [0.2, 0.25) is 0 Å². The highest BCUT2D eigenvalue weighted by Crippen LogP contribution is 2.25. The molecule has 1 aliphatic heterocycles. The van der Waals surface area contributed by atoms with Gasteiger partial charge in [-0.3, -0.25) is 0 Å². The third-order valence-electron chi connectivity index (χ3n) is 4.09. The van der Waals surface area contributed by atoms with Crippen molar-refractivity contribution in [2.45, 2.75) is 45.4 Å². The molecule has 1 aliphatic rings. The minimum Gasteiger partial charge on any atom is -0.434 e. The van der Waals surface area contributed by atoms with Gasteiger partial charge in [0.2, 0.25) is 0 Å². The van der Waals surface area contributed by atoms with Crippen LogP contribution < -0.4 is 10.1 Å². The van der Waals surface area contributed by atoms with Gasteiger partial charge in [0.1, 0.15) is 5.75 Å². The van der Waals surface area contributed by atoms with Gasteiger partial charge in [-0.2, -0.15) is 8.78 Å². The lowest BCUT2D eigenvalue weighted by Gasteiger charge is -2.32. The molecule has 4 nitrogen and oxygen atoms in total.